The fourth-order valence-corrected chi connectivity index (χ4v) is 5.15. The summed E-state index contributed by atoms with van der Waals surface area (Å²) in [7, 11) is 0. The predicted octanol–water partition coefficient (Wildman–Crippen LogP) is 4.85. The maximum Gasteiger partial charge on any atom is 0.320 e. The molecule has 0 unspecified atom stereocenters. The highest BCUT2D eigenvalue weighted by Gasteiger charge is 2.37. The monoisotopic (exact) mass is 372 g/mol. The van der Waals surface area contributed by atoms with Gasteiger partial charge in [-0.3, -0.25) is 0 Å². The third kappa shape index (κ3) is 3.50. The van der Waals surface area contributed by atoms with E-state index in [1.54, 1.807) is 11.3 Å². The summed E-state index contributed by atoms with van der Waals surface area (Å²) in [6.45, 7) is 3.72. The van der Waals surface area contributed by atoms with E-state index in [1.165, 1.54) is 22.6 Å². The first-order valence-electron chi connectivity index (χ1n) is 9.49. The Labute approximate surface area is 158 Å². The van der Waals surface area contributed by atoms with Gasteiger partial charge in [-0.25, -0.2) is 9.18 Å². The molecule has 3 nitrogen and oxygen atoms in total. The summed E-state index contributed by atoms with van der Waals surface area (Å²) in [6.07, 6.45) is 4.93. The first-order chi connectivity index (χ1) is 12.6. The van der Waals surface area contributed by atoms with E-state index in [0.29, 0.717) is 6.04 Å². The van der Waals surface area contributed by atoms with Gasteiger partial charge < -0.3 is 9.80 Å². The van der Waals surface area contributed by atoms with E-state index in [0.717, 1.165) is 50.8 Å². The van der Waals surface area contributed by atoms with Gasteiger partial charge in [0.05, 0.1) is 0 Å². The van der Waals surface area contributed by atoms with Crippen molar-refractivity contribution in [3.8, 4) is 0 Å². The van der Waals surface area contributed by atoms with E-state index in [4.69, 9.17) is 0 Å². The average Bonchev–Trinajstić information content (AvgIpc) is 3.26. The highest BCUT2D eigenvalue weighted by molar-refractivity contribution is 7.10. The third-order valence-corrected chi connectivity index (χ3v) is 6.79. The minimum Gasteiger partial charge on any atom is -0.320 e. The summed E-state index contributed by atoms with van der Waals surface area (Å²) in [5.41, 5.74) is 2.45. The second-order valence-electron chi connectivity index (χ2n) is 7.48. The predicted molar refractivity (Wildman–Crippen MR) is 103 cm³/mol. The third-order valence-electron chi connectivity index (χ3n) is 5.76. The molecule has 1 aromatic carbocycles. The molecular weight excluding hydrogens is 347 g/mol. The Hall–Kier alpha value is -1.88. The summed E-state index contributed by atoms with van der Waals surface area (Å²) in [6, 6.07) is 9.65. The minimum absolute atomic E-state index is 0.191. The molecule has 1 saturated heterocycles. The second-order valence-corrected chi connectivity index (χ2v) is 8.48. The van der Waals surface area contributed by atoms with Gasteiger partial charge in [-0.05, 0) is 73.7 Å². The maximum atomic E-state index is 13.2. The second kappa shape index (κ2) is 7.39. The number of rotatable bonds is 3. The van der Waals surface area contributed by atoms with Crippen LogP contribution in [-0.2, 0) is 19.4 Å². The largest absolute Gasteiger partial charge is 0.320 e. The molecule has 5 heteroatoms. The Bertz CT molecular complexity index is 773. The molecule has 0 radical (unpaired) electrons. The molecule has 2 aromatic rings. The standard InChI is InChI=1S/C21H25FN2OS/c1-15-2-8-19(9-5-16-3-6-18(22)7-4-16)24(15)21(25)23-12-10-20-17(14-23)11-13-26-20/h3-4,6-7,11,13,15,19H,2,5,8-10,12,14H2,1H3/t15-,19-/m1/s1. The lowest BCUT2D eigenvalue weighted by molar-refractivity contribution is 0.127. The van der Waals surface area contributed by atoms with Crippen molar-refractivity contribution >= 4 is 17.4 Å². The van der Waals surface area contributed by atoms with Crippen LogP contribution >= 0.6 is 11.3 Å². The van der Waals surface area contributed by atoms with Crippen molar-refractivity contribution in [3.05, 3.63) is 57.5 Å². The van der Waals surface area contributed by atoms with E-state index in [1.807, 2.05) is 17.0 Å². The first-order valence-corrected chi connectivity index (χ1v) is 10.4. The molecule has 2 aliphatic heterocycles. The van der Waals surface area contributed by atoms with Gasteiger partial charge in [0.1, 0.15) is 5.82 Å². The molecule has 138 valence electrons. The van der Waals surface area contributed by atoms with E-state index in [-0.39, 0.29) is 17.9 Å². The fourth-order valence-electron chi connectivity index (χ4n) is 4.26. The van der Waals surface area contributed by atoms with Gasteiger partial charge in [0.25, 0.3) is 0 Å². The van der Waals surface area contributed by atoms with E-state index >= 15 is 0 Å². The molecule has 4 rings (SSSR count). The number of hydrogen-bond donors (Lipinski definition) is 0. The minimum atomic E-state index is -0.196. The van der Waals surface area contributed by atoms with Gasteiger partial charge in [-0.15, -0.1) is 11.3 Å². The van der Waals surface area contributed by atoms with Crippen LogP contribution in [-0.4, -0.2) is 34.5 Å². The number of urea groups is 1. The Morgan fingerprint density at radius 3 is 2.85 bits per heavy atom. The molecule has 1 aromatic heterocycles. The van der Waals surface area contributed by atoms with Gasteiger partial charge in [0.2, 0.25) is 0 Å². The van der Waals surface area contributed by atoms with E-state index in [9.17, 15) is 9.18 Å². The lowest BCUT2D eigenvalue weighted by Crippen LogP contribution is -2.49. The lowest BCUT2D eigenvalue weighted by atomic mass is 10.0. The topological polar surface area (TPSA) is 23.6 Å². The summed E-state index contributed by atoms with van der Waals surface area (Å²) >= 11 is 1.80. The summed E-state index contributed by atoms with van der Waals surface area (Å²) in [4.78, 5) is 18.8. The molecule has 1 fully saturated rings. The maximum absolute atomic E-state index is 13.2. The zero-order valence-corrected chi connectivity index (χ0v) is 16.0. The van der Waals surface area contributed by atoms with Crippen LogP contribution in [0.1, 0.15) is 42.2 Å². The van der Waals surface area contributed by atoms with Crippen molar-refractivity contribution in [1.29, 1.82) is 0 Å². The van der Waals surface area contributed by atoms with Gasteiger partial charge in [-0.1, -0.05) is 12.1 Å². The number of nitrogens with zero attached hydrogens (tertiary/aromatic N) is 2. The van der Waals surface area contributed by atoms with Gasteiger partial charge in [0, 0.05) is 30.1 Å². The molecule has 2 aliphatic rings. The van der Waals surface area contributed by atoms with Gasteiger partial charge in [-0.2, -0.15) is 0 Å². The number of halogens is 1. The van der Waals surface area contributed by atoms with Crippen LogP contribution in [0, 0.1) is 5.82 Å². The van der Waals surface area contributed by atoms with Crippen LogP contribution in [0.4, 0.5) is 9.18 Å². The molecule has 0 N–H and O–H groups in total. The van der Waals surface area contributed by atoms with Crippen molar-refractivity contribution in [2.75, 3.05) is 6.54 Å². The zero-order chi connectivity index (χ0) is 18.1. The fraction of sp³-hybridized carbons (Fsp3) is 0.476. The number of carbonyl (C=O) groups is 1. The Kier molecular flexibility index (Phi) is 4.98. The molecule has 2 amide bonds. The normalized spacial score (nSPS) is 22.5. The summed E-state index contributed by atoms with van der Waals surface area (Å²) < 4.78 is 13.1. The number of thiophene rings is 1. The van der Waals surface area contributed by atoms with Crippen molar-refractivity contribution in [2.24, 2.45) is 0 Å². The molecule has 0 saturated carbocycles. The van der Waals surface area contributed by atoms with E-state index < -0.39 is 0 Å². The Morgan fingerprint density at radius 1 is 1.23 bits per heavy atom. The Balaban J connectivity index is 1.42. The zero-order valence-electron chi connectivity index (χ0n) is 15.2. The molecule has 3 heterocycles. The average molecular weight is 373 g/mol. The van der Waals surface area contributed by atoms with Crippen LogP contribution in [0.5, 0.6) is 0 Å². The number of hydrogen-bond acceptors (Lipinski definition) is 2. The van der Waals surface area contributed by atoms with Gasteiger partial charge >= 0.3 is 6.03 Å². The van der Waals surface area contributed by atoms with Crippen molar-refractivity contribution in [2.45, 2.75) is 57.7 Å². The van der Waals surface area contributed by atoms with Gasteiger partial charge in [0.15, 0.2) is 0 Å². The van der Waals surface area contributed by atoms with Crippen LogP contribution in [0.2, 0.25) is 0 Å². The van der Waals surface area contributed by atoms with Crippen LogP contribution in [0.3, 0.4) is 0 Å². The van der Waals surface area contributed by atoms with E-state index in [2.05, 4.69) is 23.3 Å². The number of likely N-dealkylation sites (tertiary alicyclic amines) is 1. The van der Waals surface area contributed by atoms with Crippen molar-refractivity contribution in [3.63, 3.8) is 0 Å². The van der Waals surface area contributed by atoms with Crippen LogP contribution in [0.25, 0.3) is 0 Å². The number of benzene rings is 1. The SMILES string of the molecule is C[C@@H]1CC[C@H](CCc2ccc(F)cc2)N1C(=O)N1CCc2sccc2C1. The molecule has 0 bridgehead atoms. The molecule has 2 atom stereocenters. The lowest BCUT2D eigenvalue weighted by Gasteiger charge is -2.36. The summed E-state index contributed by atoms with van der Waals surface area (Å²) in [5.74, 6) is -0.196. The number of amides is 2. The molecule has 26 heavy (non-hydrogen) atoms. The number of aryl methyl sites for hydroxylation is 1. The summed E-state index contributed by atoms with van der Waals surface area (Å²) in [5, 5.41) is 2.13. The molecule has 0 aliphatic carbocycles. The van der Waals surface area contributed by atoms with Crippen molar-refractivity contribution < 1.29 is 9.18 Å². The smallest absolute Gasteiger partial charge is 0.320 e. The quantitative estimate of drug-likeness (QED) is 0.755. The first kappa shape index (κ1) is 17.5. The highest BCUT2D eigenvalue weighted by atomic mass is 32.1. The Morgan fingerprint density at radius 2 is 2.04 bits per heavy atom. The number of fused-ring (bicyclic) bond motifs is 1. The molecule has 0 spiro atoms. The number of carbonyl (C=O) groups excluding carboxylic acids is 1. The van der Waals surface area contributed by atoms with Crippen LogP contribution in [0.15, 0.2) is 35.7 Å². The molecular formula is C21H25FN2OS. The van der Waals surface area contributed by atoms with Crippen LogP contribution < -0.4 is 0 Å². The van der Waals surface area contributed by atoms with Crippen molar-refractivity contribution in [1.82, 2.24) is 9.80 Å². The highest BCUT2D eigenvalue weighted by Crippen LogP contribution is 2.31.